The van der Waals surface area contributed by atoms with Gasteiger partial charge in [0, 0.05) is 86.6 Å². The molecule has 1 aromatic heterocycles. The number of carbonyl (C=O) groups excluding carboxylic acids is 2. The second kappa shape index (κ2) is 38.5. The monoisotopic (exact) mass is 1520 g/mol. The molecule has 6 atom stereocenters. The van der Waals surface area contributed by atoms with Gasteiger partial charge in [0.1, 0.15) is 68.8 Å². The van der Waals surface area contributed by atoms with Crippen LogP contribution in [0.4, 0.5) is 48.3 Å². The molecule has 5 fully saturated rings. The zero-order valence-corrected chi connectivity index (χ0v) is 57.8. The number of aliphatic hydroxyl groups is 1. The number of esters is 2. The summed E-state index contributed by atoms with van der Waals surface area (Å²) >= 11 is 7.59. The molecule has 22 nitrogen and oxygen atoms in total. The number of hydrogen-bond donors (Lipinski definition) is 5. The molecule has 104 heavy (non-hydrogen) atoms. The van der Waals surface area contributed by atoms with E-state index >= 15 is 0 Å². The number of aliphatic carboxylic acids is 3. The van der Waals surface area contributed by atoms with Crippen molar-refractivity contribution in [1.82, 2.24) is 29.9 Å². The third-order valence-electron chi connectivity index (χ3n) is 16.4. The number of carboxylic acid groups (broad SMARTS) is 3. The van der Waals surface area contributed by atoms with Gasteiger partial charge < -0.3 is 54.2 Å². The highest BCUT2D eigenvalue weighted by Crippen LogP contribution is 2.40. The van der Waals surface area contributed by atoms with Gasteiger partial charge in [-0.05, 0) is 55.5 Å². The maximum Gasteiger partial charge on any atom is 0.338 e. The van der Waals surface area contributed by atoms with E-state index in [1.807, 2.05) is 91.0 Å². The number of aliphatic imine (C=N–C) groups is 1. The quantitative estimate of drug-likeness (QED) is 0.0269. The number of hydrogen-bond acceptors (Lipinski definition) is 20. The molecular formula is C69H79ClF11N7O15S. The third kappa shape index (κ3) is 25.5. The van der Waals surface area contributed by atoms with Crippen LogP contribution in [0.5, 0.6) is 0 Å². The van der Waals surface area contributed by atoms with Gasteiger partial charge in [0.25, 0.3) is 29.6 Å². The summed E-state index contributed by atoms with van der Waals surface area (Å²) in [6.07, 6.45) is -4.99. The first-order chi connectivity index (χ1) is 49.2. The number of aliphatic hydroxyl groups excluding tert-OH is 1. The van der Waals surface area contributed by atoms with Crippen LogP contribution in [0.15, 0.2) is 137 Å². The van der Waals surface area contributed by atoms with E-state index in [1.165, 1.54) is 28.4 Å². The fraction of sp³-hybridized carbons (Fsp3) is 0.493. The number of amidine groups is 1. The minimum Gasteiger partial charge on any atom is -0.480 e. The molecule has 0 radical (unpaired) electrons. The average molecular weight is 1520 g/mol. The summed E-state index contributed by atoms with van der Waals surface area (Å²) in [6, 6.07) is 30.7. The zero-order valence-electron chi connectivity index (χ0n) is 56.3. The highest BCUT2D eigenvalue weighted by Gasteiger charge is 2.53. The Kier molecular flexibility index (Phi) is 30.9. The molecule has 6 heterocycles. The first kappa shape index (κ1) is 83.5. The number of carboxylic acids is 3. The standard InChI is InChI=1S/C23H22ClF3N4O5S.C15H19F2NO3.C13H15F2NO3.C11H13F2NO.C7H10F2O3/c1-2-35-22(34)18-15(8-31-9-16(23(26,27)11-31)36-10-17(32)33)29-20(21-28-5-6-37-21)30-19(18)13-4-3-12(25)7-14(13)24;1-2-20-14(19)10-21-13-9-18(11-15(13,16)17)8-12-6-4-3-5-7-12;14-13(15)9-16(6-10-4-2-1-3-5-10)7-11(13)19-8-12(17)18;12-11(13)8-14(7-10(11)15)6-9-4-2-1-3-5-9;8-7(9)3-1-2-5(7)12-4-6(10)11/h3-7,16,19H,2,8-11H2,1H3,(H,29,30)(H,32,33);3-7,13H,2,8-11H2,1H3;1-5,11H,6-9H2,(H,17,18);1-5,10,15H,6-8H2;5H,1-4H2,(H,10,11)/t16?,19-;;;;/m0..../s1. The topological polar surface area (TPSA) is 272 Å². The van der Waals surface area contributed by atoms with Crippen molar-refractivity contribution in [2.75, 3.05) is 98.5 Å². The van der Waals surface area contributed by atoms with Crippen molar-refractivity contribution in [3.8, 4) is 0 Å². The van der Waals surface area contributed by atoms with Crippen LogP contribution >= 0.6 is 22.9 Å². The Balaban J connectivity index is 0.000000194. The second-order valence-electron chi connectivity index (χ2n) is 24.7. The largest absolute Gasteiger partial charge is 0.480 e. The van der Waals surface area contributed by atoms with Crippen LogP contribution in [0.1, 0.15) is 66.4 Å². The van der Waals surface area contributed by atoms with Crippen LogP contribution in [0.25, 0.3) is 0 Å². The van der Waals surface area contributed by atoms with Crippen LogP contribution in [0.3, 0.4) is 0 Å². The average Bonchev–Trinajstić information content (AvgIpc) is 1.19. The number of nitrogens with one attached hydrogen (secondary N) is 1. The molecule has 35 heteroatoms. The number of carbonyl (C=O) groups is 5. The first-order valence-corrected chi connectivity index (χ1v) is 33.9. The Bertz CT molecular complexity index is 3660. The molecule has 1 aliphatic carbocycles. The van der Waals surface area contributed by atoms with Crippen molar-refractivity contribution >= 4 is 58.6 Å². The number of alkyl halides is 10. The summed E-state index contributed by atoms with van der Waals surface area (Å²) in [4.78, 5) is 70.4. The number of thiazole rings is 1. The number of aromatic nitrogens is 1. The number of benzene rings is 4. The van der Waals surface area contributed by atoms with Crippen LogP contribution in [-0.2, 0) is 72.0 Å². The van der Waals surface area contributed by atoms with Crippen LogP contribution < -0.4 is 5.32 Å². The Morgan fingerprint density at radius 2 is 1.00 bits per heavy atom. The highest BCUT2D eigenvalue weighted by molar-refractivity contribution is 7.11. The number of rotatable bonds is 25. The van der Waals surface area contributed by atoms with E-state index in [1.54, 1.807) is 40.1 Å². The van der Waals surface area contributed by atoms with Gasteiger partial charge in [-0.2, -0.15) is 0 Å². The van der Waals surface area contributed by atoms with E-state index in [2.05, 4.69) is 24.8 Å². The molecule has 5 aromatic rings. The summed E-state index contributed by atoms with van der Waals surface area (Å²) in [7, 11) is 0. The van der Waals surface area contributed by atoms with Gasteiger partial charge >= 0.3 is 29.8 Å². The van der Waals surface area contributed by atoms with E-state index in [0.29, 0.717) is 36.6 Å². The van der Waals surface area contributed by atoms with Crippen molar-refractivity contribution in [2.24, 2.45) is 4.99 Å². The second-order valence-corrected chi connectivity index (χ2v) is 26.0. The molecule has 5 aliphatic heterocycles. The smallest absolute Gasteiger partial charge is 0.338 e. The molecule has 4 saturated heterocycles. The Labute approximate surface area is 599 Å². The fourth-order valence-electron chi connectivity index (χ4n) is 11.7. The van der Waals surface area contributed by atoms with Gasteiger partial charge in [-0.1, -0.05) is 109 Å². The fourth-order valence-corrected chi connectivity index (χ4v) is 12.5. The van der Waals surface area contributed by atoms with E-state index in [4.69, 9.17) is 51.0 Å². The van der Waals surface area contributed by atoms with Crippen molar-refractivity contribution in [2.45, 2.75) is 119 Å². The van der Waals surface area contributed by atoms with Gasteiger partial charge in [-0.15, -0.1) is 11.3 Å². The van der Waals surface area contributed by atoms with Crippen LogP contribution in [0.2, 0.25) is 5.02 Å². The van der Waals surface area contributed by atoms with Gasteiger partial charge in [0.15, 0.2) is 10.8 Å². The van der Waals surface area contributed by atoms with E-state index in [9.17, 15) is 72.3 Å². The van der Waals surface area contributed by atoms with Gasteiger partial charge in [0.05, 0.1) is 45.0 Å². The molecule has 5 unspecified atom stereocenters. The summed E-state index contributed by atoms with van der Waals surface area (Å²) in [6.45, 7) is 0.0535. The number of halogens is 12. The van der Waals surface area contributed by atoms with Gasteiger partial charge in [-0.3, -0.25) is 24.6 Å². The minimum atomic E-state index is -3.32. The Morgan fingerprint density at radius 1 is 0.567 bits per heavy atom. The van der Waals surface area contributed by atoms with E-state index in [-0.39, 0.29) is 94.0 Å². The number of nitrogens with zero attached hydrogens (tertiary/aromatic N) is 6. The molecule has 11 rings (SSSR count). The molecule has 0 amide bonds. The number of β-amino-alcohol motifs (C(OH)–C–C–N with tert-alkyl or cyclic N) is 1. The molecule has 6 aliphatic rings. The maximum atomic E-state index is 14.6. The van der Waals surface area contributed by atoms with Crippen LogP contribution in [-0.4, -0.2) is 239 Å². The molecule has 5 N–H and O–H groups in total. The molecule has 0 bridgehead atoms. The summed E-state index contributed by atoms with van der Waals surface area (Å²) in [5.74, 6) is -20.6. The van der Waals surface area contributed by atoms with Gasteiger partial charge in [0.2, 0.25) is 0 Å². The number of ether oxygens (including phenoxy) is 6. The normalized spacial score (nSPS) is 22.9. The Morgan fingerprint density at radius 3 is 1.39 bits per heavy atom. The molecule has 1 saturated carbocycles. The summed E-state index contributed by atoms with van der Waals surface area (Å²) in [5, 5.41) is 39.8. The lowest BCUT2D eigenvalue weighted by Crippen LogP contribution is -2.39. The molecule has 0 spiro atoms. The SMILES string of the molecule is CCOC(=O)C1=C(CN2CC(OCC(=O)O)C(F)(F)C2)NC(c2nccs2)=N[C@H]1c1ccc(F)cc1Cl.CCOC(=O)COC1CN(Cc2ccccc2)CC1(F)F.O=C(O)COC1CCCC1(F)F.O=C(O)COC1CN(Cc2ccccc2)CC1(F)F.OC1CN(Cc2ccccc2)CC1(F)F. The van der Waals surface area contributed by atoms with E-state index < -0.39 is 141 Å². The van der Waals surface area contributed by atoms with Crippen molar-refractivity contribution in [3.05, 3.63) is 170 Å². The highest BCUT2D eigenvalue weighted by atomic mass is 35.5. The van der Waals surface area contributed by atoms with Gasteiger partial charge in [-0.25, -0.2) is 77.3 Å². The molecule has 4 aromatic carbocycles. The summed E-state index contributed by atoms with van der Waals surface area (Å²) < 4.78 is 179. The first-order valence-electron chi connectivity index (χ1n) is 32.6. The maximum absolute atomic E-state index is 14.6. The molecule has 570 valence electrons. The van der Waals surface area contributed by atoms with Crippen LogP contribution in [0, 0.1) is 5.82 Å². The lowest BCUT2D eigenvalue weighted by molar-refractivity contribution is -0.158. The third-order valence-corrected chi connectivity index (χ3v) is 17.5. The van der Waals surface area contributed by atoms with Crippen molar-refractivity contribution in [3.63, 3.8) is 0 Å². The van der Waals surface area contributed by atoms with E-state index in [0.717, 1.165) is 22.8 Å². The predicted octanol–water partition coefficient (Wildman–Crippen LogP) is 9.73. The molecular weight excluding hydrogens is 1440 g/mol. The van der Waals surface area contributed by atoms with Crippen molar-refractivity contribution < 1.29 is 121 Å². The van der Waals surface area contributed by atoms with Crippen molar-refractivity contribution in [1.29, 1.82) is 0 Å². The lowest BCUT2D eigenvalue weighted by Gasteiger charge is -2.29. The summed E-state index contributed by atoms with van der Waals surface area (Å²) in [5.41, 5.74) is 3.46. The zero-order chi connectivity index (χ0) is 76.0. The Hall–Kier alpha value is -7.77. The predicted molar refractivity (Wildman–Crippen MR) is 354 cm³/mol. The minimum absolute atomic E-state index is 0.0186. The lowest BCUT2D eigenvalue weighted by atomic mass is 9.95. The number of likely N-dealkylation sites (tertiary alicyclic amines) is 4.